The van der Waals surface area contributed by atoms with Crippen LogP contribution in [0.4, 0.5) is 0 Å². The molecule has 1 aromatic carbocycles. The molecular weight excluding hydrogens is 498 g/mol. The van der Waals surface area contributed by atoms with Crippen molar-refractivity contribution in [3.05, 3.63) is 64.6 Å². The van der Waals surface area contributed by atoms with Crippen LogP contribution in [0.5, 0.6) is 0 Å². The molecule has 2 N–H and O–H groups in total. The van der Waals surface area contributed by atoms with Gasteiger partial charge >= 0.3 is 0 Å². The second-order valence-corrected chi connectivity index (χ2v) is 11.7. The molecule has 0 spiro atoms. The maximum Gasteiger partial charge on any atom is 0.287 e. The predicted molar refractivity (Wildman–Crippen MR) is 151 cm³/mol. The molecule has 2 aliphatic rings. The monoisotopic (exact) mass is 533 g/mol. The van der Waals surface area contributed by atoms with Crippen molar-refractivity contribution in [1.82, 2.24) is 10.6 Å². The number of fused-ring (bicyclic) bond motifs is 1. The zero-order valence-electron chi connectivity index (χ0n) is 22.3. The van der Waals surface area contributed by atoms with Crippen molar-refractivity contribution in [2.24, 2.45) is 10.9 Å². The van der Waals surface area contributed by atoms with Crippen LogP contribution in [0.25, 0.3) is 16.7 Å². The van der Waals surface area contributed by atoms with Crippen molar-refractivity contribution in [2.75, 3.05) is 7.11 Å². The van der Waals surface area contributed by atoms with Crippen molar-refractivity contribution >= 4 is 45.7 Å². The Morgan fingerprint density at radius 3 is 2.47 bits per heavy atom. The van der Waals surface area contributed by atoms with E-state index in [1.54, 1.807) is 13.2 Å². The highest BCUT2D eigenvalue weighted by Crippen LogP contribution is 2.43. The van der Waals surface area contributed by atoms with Crippen LogP contribution < -0.4 is 10.6 Å². The Morgan fingerprint density at radius 1 is 1.08 bits per heavy atom. The number of hydrogen-bond donors (Lipinski definition) is 2. The van der Waals surface area contributed by atoms with Gasteiger partial charge in [-0.1, -0.05) is 57.9 Å². The fraction of sp³-hybridized carbons (Fsp3) is 0.433. The van der Waals surface area contributed by atoms with Crippen molar-refractivity contribution in [1.29, 1.82) is 0 Å². The fourth-order valence-corrected chi connectivity index (χ4v) is 5.97. The van der Waals surface area contributed by atoms with Crippen molar-refractivity contribution in [3.63, 3.8) is 0 Å². The van der Waals surface area contributed by atoms with Gasteiger partial charge in [-0.05, 0) is 55.2 Å². The Labute approximate surface area is 227 Å². The maximum atomic E-state index is 13.5. The van der Waals surface area contributed by atoms with Crippen LogP contribution in [0.1, 0.15) is 79.8 Å². The maximum absolute atomic E-state index is 13.5. The summed E-state index contributed by atoms with van der Waals surface area (Å²) in [6, 6.07) is 11.2. The summed E-state index contributed by atoms with van der Waals surface area (Å²) >= 11 is 1.54. The summed E-state index contributed by atoms with van der Waals surface area (Å²) in [6.45, 7) is 8.37. The van der Waals surface area contributed by atoms with Gasteiger partial charge in [-0.15, -0.1) is 11.3 Å². The predicted octanol–water partition coefficient (Wildman–Crippen LogP) is 6.30. The third kappa shape index (κ3) is 5.14. The first-order valence-electron chi connectivity index (χ1n) is 13.3. The van der Waals surface area contributed by atoms with Gasteiger partial charge in [0.05, 0.1) is 17.7 Å². The number of amides is 2. The average Bonchev–Trinajstić information content (AvgIpc) is 3.30. The first-order chi connectivity index (χ1) is 18.2. The molecule has 0 saturated heterocycles. The Bertz CT molecular complexity index is 1380. The van der Waals surface area contributed by atoms with Crippen LogP contribution in [-0.4, -0.2) is 35.9 Å². The van der Waals surface area contributed by atoms with Crippen LogP contribution in [-0.2, 0) is 9.53 Å². The van der Waals surface area contributed by atoms with Gasteiger partial charge in [0.15, 0.2) is 5.76 Å². The average molecular weight is 534 g/mol. The molecule has 3 aromatic rings. The van der Waals surface area contributed by atoms with E-state index in [1.165, 1.54) is 11.3 Å². The van der Waals surface area contributed by atoms with E-state index in [-0.39, 0.29) is 23.1 Å². The van der Waals surface area contributed by atoms with E-state index in [0.717, 1.165) is 47.9 Å². The van der Waals surface area contributed by atoms with Crippen LogP contribution in [0, 0.1) is 5.92 Å². The first-order valence-corrected chi connectivity index (χ1v) is 14.2. The van der Waals surface area contributed by atoms with Gasteiger partial charge in [0.25, 0.3) is 5.91 Å². The number of carbonyl (C=O) groups is 2. The first kappa shape index (κ1) is 26.2. The second kappa shape index (κ2) is 10.4. The molecule has 0 aliphatic heterocycles. The number of aliphatic imine (C=N–C) groups is 1. The number of nitrogens with one attached hydrogen (secondary N) is 2. The Kier molecular flexibility index (Phi) is 7.18. The van der Waals surface area contributed by atoms with Crippen molar-refractivity contribution in [3.8, 4) is 0 Å². The van der Waals surface area contributed by atoms with Crippen LogP contribution >= 0.6 is 11.3 Å². The largest absolute Gasteiger partial charge is 0.480 e. The van der Waals surface area contributed by atoms with Gasteiger partial charge in [0.1, 0.15) is 11.1 Å². The number of nitrogens with zero attached hydrogens (tertiary/aromatic N) is 1. The molecule has 2 aliphatic carbocycles. The molecule has 7 nitrogen and oxygen atoms in total. The topological polar surface area (TPSA) is 92.9 Å². The summed E-state index contributed by atoms with van der Waals surface area (Å²) in [6.07, 6.45) is 6.12. The highest BCUT2D eigenvalue weighted by Gasteiger charge is 2.51. The molecule has 0 bridgehead atoms. The Morgan fingerprint density at radius 2 is 1.84 bits per heavy atom. The van der Waals surface area contributed by atoms with Gasteiger partial charge in [0.2, 0.25) is 11.8 Å². The summed E-state index contributed by atoms with van der Waals surface area (Å²) in [4.78, 5) is 32.4. The molecule has 8 heteroatoms. The number of rotatable bonds is 8. The molecule has 2 aromatic heterocycles. The zero-order chi connectivity index (χ0) is 26.9. The number of ether oxygens (including phenoxy) is 1. The van der Waals surface area contributed by atoms with Gasteiger partial charge in [-0.2, -0.15) is 0 Å². The van der Waals surface area contributed by atoms with Crippen molar-refractivity contribution in [2.45, 2.75) is 69.9 Å². The minimum absolute atomic E-state index is 0.0657. The number of benzene rings is 1. The highest BCUT2D eigenvalue weighted by molar-refractivity contribution is 7.12. The smallest absolute Gasteiger partial charge is 0.287 e. The molecule has 200 valence electrons. The van der Waals surface area contributed by atoms with Gasteiger partial charge < -0.3 is 19.8 Å². The van der Waals surface area contributed by atoms with E-state index in [0.29, 0.717) is 35.9 Å². The lowest BCUT2D eigenvalue weighted by Gasteiger charge is -2.38. The summed E-state index contributed by atoms with van der Waals surface area (Å²) in [5, 5.41) is 9.13. The van der Waals surface area contributed by atoms with E-state index in [4.69, 9.17) is 9.15 Å². The van der Waals surface area contributed by atoms with E-state index >= 15 is 0 Å². The molecule has 2 heterocycles. The molecular formula is C30H35N3O4S. The van der Waals surface area contributed by atoms with Crippen molar-refractivity contribution < 1.29 is 18.7 Å². The highest BCUT2D eigenvalue weighted by atomic mass is 32.1. The van der Waals surface area contributed by atoms with E-state index < -0.39 is 5.54 Å². The van der Waals surface area contributed by atoms with E-state index in [1.807, 2.05) is 35.7 Å². The third-order valence-electron chi connectivity index (χ3n) is 7.99. The minimum Gasteiger partial charge on any atom is -0.480 e. The minimum atomic E-state index is -0.911. The van der Waals surface area contributed by atoms with Gasteiger partial charge in [-0.25, -0.2) is 4.99 Å². The SMILES string of the molecule is C=C(N=C(OC)c1cccs1)c1ccc2cc(C(=O)NC3(C(=O)NC4(C(C)C)CC4)CCCCC3)oc2c1. The quantitative estimate of drug-likeness (QED) is 0.263. The molecule has 5 rings (SSSR count). The normalized spacial score (nSPS) is 18.3. The zero-order valence-corrected chi connectivity index (χ0v) is 23.1. The molecule has 0 atom stereocenters. The van der Waals surface area contributed by atoms with Crippen LogP contribution in [0.3, 0.4) is 0 Å². The fourth-order valence-electron chi connectivity index (χ4n) is 5.28. The molecule has 38 heavy (non-hydrogen) atoms. The Balaban J connectivity index is 1.35. The summed E-state index contributed by atoms with van der Waals surface area (Å²) in [5.41, 5.74) is 0.788. The third-order valence-corrected chi connectivity index (χ3v) is 8.85. The van der Waals surface area contributed by atoms with Gasteiger partial charge in [0, 0.05) is 16.5 Å². The number of thiophene rings is 1. The van der Waals surface area contributed by atoms with Crippen LogP contribution in [0.2, 0.25) is 0 Å². The molecule has 2 saturated carbocycles. The second-order valence-electron chi connectivity index (χ2n) is 10.8. The number of hydrogen-bond acceptors (Lipinski definition) is 6. The summed E-state index contributed by atoms with van der Waals surface area (Å²) < 4.78 is 11.4. The molecule has 0 radical (unpaired) electrons. The summed E-state index contributed by atoms with van der Waals surface area (Å²) in [5.74, 6) is 0.599. The lowest BCUT2D eigenvalue weighted by atomic mass is 9.80. The number of carbonyl (C=O) groups excluding carboxylic acids is 2. The lowest BCUT2D eigenvalue weighted by molar-refractivity contribution is -0.130. The Hall–Kier alpha value is -3.39. The van der Waals surface area contributed by atoms with E-state index in [2.05, 4.69) is 36.1 Å². The molecule has 2 amide bonds. The standard InChI is InChI=1S/C30H35N3O4S/c1-19(2)29(14-15-29)33-28(35)30(12-6-5-7-13-30)32-26(34)24-18-22-11-10-21(17-23(22)37-24)20(3)31-27(36-4)25-9-8-16-38-25/h8-11,16-19H,3,5-7,12-15H2,1-2,4H3,(H,32,34)(H,33,35). The lowest BCUT2D eigenvalue weighted by Crippen LogP contribution is -2.62. The molecule has 2 fully saturated rings. The van der Waals surface area contributed by atoms with E-state index in [9.17, 15) is 9.59 Å². The number of methoxy groups -OCH3 is 1. The van der Waals surface area contributed by atoms with Gasteiger partial charge in [-0.3, -0.25) is 9.59 Å². The molecule has 0 unspecified atom stereocenters. The van der Waals surface area contributed by atoms with Crippen LogP contribution in [0.15, 0.2) is 57.8 Å². The summed E-state index contributed by atoms with van der Waals surface area (Å²) in [7, 11) is 1.58. The number of furan rings is 1.